The van der Waals surface area contributed by atoms with Crippen molar-refractivity contribution in [2.45, 2.75) is 25.7 Å². The molecule has 4 rings (SSSR count). The van der Waals surface area contributed by atoms with Gasteiger partial charge in [0.25, 0.3) is 0 Å². The van der Waals surface area contributed by atoms with Gasteiger partial charge in [0.2, 0.25) is 0 Å². The first-order chi connectivity index (χ1) is 14.6. The van der Waals surface area contributed by atoms with Gasteiger partial charge in [-0.15, -0.1) is 0 Å². The number of aryl methyl sites for hydroxylation is 2. The summed E-state index contributed by atoms with van der Waals surface area (Å²) in [5, 5.41) is 0. The van der Waals surface area contributed by atoms with Crippen molar-refractivity contribution in [2.75, 3.05) is 31.2 Å². The van der Waals surface area contributed by atoms with Crippen LogP contribution in [0, 0.1) is 13.8 Å². The molecule has 0 aliphatic carbocycles. The summed E-state index contributed by atoms with van der Waals surface area (Å²) in [7, 11) is 0. The Morgan fingerprint density at radius 1 is 1.00 bits per heavy atom. The molecule has 4 heteroatoms. The maximum atomic E-state index is 12.0. The largest absolute Gasteiger partial charge is 0.378 e. The number of carbonyl (C=O) groups is 1. The van der Waals surface area contributed by atoms with E-state index in [1.165, 1.54) is 11.3 Å². The zero-order chi connectivity index (χ0) is 21.0. The monoisotopic (exact) mass is 400 g/mol. The van der Waals surface area contributed by atoms with E-state index in [0.29, 0.717) is 6.42 Å². The number of morpholine rings is 1. The van der Waals surface area contributed by atoms with Gasteiger partial charge in [-0.1, -0.05) is 36.4 Å². The summed E-state index contributed by atoms with van der Waals surface area (Å²) >= 11 is 0. The van der Waals surface area contributed by atoms with E-state index in [4.69, 9.17) is 4.74 Å². The second-order valence-corrected chi connectivity index (χ2v) is 7.92. The summed E-state index contributed by atoms with van der Waals surface area (Å²) < 4.78 is 5.48. The molecule has 0 spiro atoms. The van der Waals surface area contributed by atoms with Crippen LogP contribution in [-0.2, 0) is 14.9 Å². The molecule has 1 fully saturated rings. The van der Waals surface area contributed by atoms with Crippen LogP contribution in [0.2, 0.25) is 0 Å². The lowest BCUT2D eigenvalue weighted by Crippen LogP contribution is -2.36. The molecule has 2 heterocycles. The predicted molar refractivity (Wildman–Crippen MR) is 120 cm³/mol. The van der Waals surface area contributed by atoms with Gasteiger partial charge >= 0.3 is 0 Å². The summed E-state index contributed by atoms with van der Waals surface area (Å²) in [5.41, 5.74) is 6.12. The Labute approximate surface area is 178 Å². The Morgan fingerprint density at radius 3 is 2.40 bits per heavy atom. The lowest BCUT2D eigenvalue weighted by molar-refractivity contribution is -0.108. The predicted octanol–water partition coefficient (Wildman–Crippen LogP) is 4.46. The second kappa shape index (κ2) is 8.80. The third-order valence-corrected chi connectivity index (χ3v) is 6.12. The molecule has 0 amide bonds. The van der Waals surface area contributed by atoms with Gasteiger partial charge in [0.15, 0.2) is 0 Å². The van der Waals surface area contributed by atoms with Crippen LogP contribution in [0.5, 0.6) is 0 Å². The number of pyridine rings is 1. The number of nitrogens with zero attached hydrogens (tertiary/aromatic N) is 2. The zero-order valence-corrected chi connectivity index (χ0v) is 17.7. The number of aldehydes is 1. The summed E-state index contributed by atoms with van der Waals surface area (Å²) in [6.45, 7) is 7.44. The van der Waals surface area contributed by atoms with Crippen LogP contribution in [0.3, 0.4) is 0 Å². The Hall–Kier alpha value is -2.98. The van der Waals surface area contributed by atoms with Crippen LogP contribution in [0.4, 0.5) is 5.69 Å². The molecule has 154 valence electrons. The topological polar surface area (TPSA) is 42.4 Å². The molecule has 4 nitrogen and oxygen atoms in total. The number of anilines is 1. The third-order valence-electron chi connectivity index (χ3n) is 6.12. The molecule has 30 heavy (non-hydrogen) atoms. The number of rotatable bonds is 6. The number of aromatic nitrogens is 1. The van der Waals surface area contributed by atoms with Crippen molar-refractivity contribution in [2.24, 2.45) is 0 Å². The Balaban J connectivity index is 1.88. The highest BCUT2D eigenvalue weighted by Crippen LogP contribution is 2.43. The molecular formula is C26H28N2O2. The highest BCUT2D eigenvalue weighted by atomic mass is 16.5. The first-order valence-corrected chi connectivity index (χ1v) is 10.5. The van der Waals surface area contributed by atoms with Gasteiger partial charge in [-0.25, -0.2) is 0 Å². The lowest BCUT2D eigenvalue weighted by Gasteiger charge is -2.36. The summed E-state index contributed by atoms with van der Waals surface area (Å²) in [4.78, 5) is 18.8. The maximum Gasteiger partial charge on any atom is 0.121 e. The van der Waals surface area contributed by atoms with Gasteiger partial charge in [-0.2, -0.15) is 0 Å². The van der Waals surface area contributed by atoms with Gasteiger partial charge in [-0.05, 0) is 60.4 Å². The highest BCUT2D eigenvalue weighted by molar-refractivity contribution is 5.64. The van der Waals surface area contributed by atoms with Gasteiger partial charge < -0.3 is 14.4 Å². The van der Waals surface area contributed by atoms with E-state index in [9.17, 15) is 4.79 Å². The maximum absolute atomic E-state index is 12.0. The van der Waals surface area contributed by atoms with E-state index in [1.54, 1.807) is 0 Å². The van der Waals surface area contributed by atoms with Crippen molar-refractivity contribution in [1.82, 2.24) is 4.98 Å². The fourth-order valence-electron chi connectivity index (χ4n) is 4.59. The van der Waals surface area contributed by atoms with E-state index in [1.807, 2.05) is 25.3 Å². The fraction of sp³-hybridized carbons (Fsp3) is 0.308. The molecule has 1 aromatic heterocycles. The van der Waals surface area contributed by atoms with Crippen molar-refractivity contribution in [3.8, 4) is 0 Å². The van der Waals surface area contributed by atoms with Crippen LogP contribution in [0.15, 0.2) is 66.9 Å². The van der Waals surface area contributed by atoms with Crippen molar-refractivity contribution in [3.05, 3.63) is 94.8 Å². The van der Waals surface area contributed by atoms with E-state index in [-0.39, 0.29) is 0 Å². The molecule has 3 aromatic rings. The number of ether oxygens (including phenoxy) is 1. The van der Waals surface area contributed by atoms with Crippen LogP contribution >= 0.6 is 0 Å². The van der Waals surface area contributed by atoms with E-state index >= 15 is 0 Å². The number of hydrogen-bond donors (Lipinski definition) is 0. The molecule has 2 aromatic carbocycles. The van der Waals surface area contributed by atoms with Gasteiger partial charge in [0, 0.05) is 37.1 Å². The average Bonchev–Trinajstić information content (AvgIpc) is 2.79. The highest BCUT2D eigenvalue weighted by Gasteiger charge is 2.37. The summed E-state index contributed by atoms with van der Waals surface area (Å²) in [6.07, 6.45) is 3.25. The SMILES string of the molecule is Cc1cc([C@](CC=O)(c2ccc(N3CCOCC3)cc2)c2ccccc2C)ccn1. The molecule has 1 aliphatic heterocycles. The molecule has 0 bridgehead atoms. The van der Waals surface area contributed by atoms with E-state index in [0.717, 1.165) is 55.0 Å². The Bertz CT molecular complexity index is 1010. The molecular weight excluding hydrogens is 372 g/mol. The second-order valence-electron chi connectivity index (χ2n) is 7.92. The number of benzene rings is 2. The van der Waals surface area contributed by atoms with E-state index < -0.39 is 5.41 Å². The Morgan fingerprint density at radius 2 is 1.73 bits per heavy atom. The molecule has 0 radical (unpaired) electrons. The lowest BCUT2D eigenvalue weighted by atomic mass is 9.66. The van der Waals surface area contributed by atoms with E-state index in [2.05, 4.69) is 65.3 Å². The molecule has 1 aliphatic rings. The smallest absolute Gasteiger partial charge is 0.121 e. The average molecular weight is 401 g/mol. The third kappa shape index (κ3) is 3.75. The summed E-state index contributed by atoms with van der Waals surface area (Å²) in [6, 6.07) is 21.2. The quantitative estimate of drug-likeness (QED) is 0.573. The fourth-order valence-corrected chi connectivity index (χ4v) is 4.59. The first kappa shape index (κ1) is 20.3. The minimum absolute atomic E-state index is 0.373. The minimum atomic E-state index is -0.551. The standard InChI is InChI=1S/C26H28N2O2/c1-20-5-3-4-6-25(20)26(12-16-29,23-11-13-27-21(2)19-23)22-7-9-24(10-8-22)28-14-17-30-18-15-28/h3-11,13,16,19H,12,14-15,17-18H2,1-2H3/t26-/m0/s1. The Kier molecular flexibility index (Phi) is 5.96. The molecule has 1 atom stereocenters. The molecule has 0 unspecified atom stereocenters. The van der Waals surface area contributed by atoms with Gasteiger partial charge in [-0.3, -0.25) is 4.98 Å². The van der Waals surface area contributed by atoms with Crippen LogP contribution < -0.4 is 4.90 Å². The number of hydrogen-bond acceptors (Lipinski definition) is 4. The minimum Gasteiger partial charge on any atom is -0.378 e. The molecule has 0 N–H and O–H groups in total. The summed E-state index contributed by atoms with van der Waals surface area (Å²) in [5.74, 6) is 0. The zero-order valence-electron chi connectivity index (χ0n) is 17.7. The molecule has 1 saturated heterocycles. The van der Waals surface area contributed by atoms with Crippen LogP contribution in [0.1, 0.15) is 34.4 Å². The van der Waals surface area contributed by atoms with Crippen molar-refractivity contribution >= 4 is 12.0 Å². The normalized spacial score (nSPS) is 16.1. The number of carbonyl (C=O) groups excluding carboxylic acids is 1. The molecule has 0 saturated carbocycles. The van der Waals surface area contributed by atoms with Gasteiger partial charge in [0.1, 0.15) is 6.29 Å². The van der Waals surface area contributed by atoms with Crippen LogP contribution in [-0.4, -0.2) is 37.6 Å². The van der Waals surface area contributed by atoms with Crippen molar-refractivity contribution in [3.63, 3.8) is 0 Å². The van der Waals surface area contributed by atoms with Crippen molar-refractivity contribution < 1.29 is 9.53 Å². The van der Waals surface area contributed by atoms with Crippen LogP contribution in [0.25, 0.3) is 0 Å². The van der Waals surface area contributed by atoms with Crippen molar-refractivity contribution in [1.29, 1.82) is 0 Å². The first-order valence-electron chi connectivity index (χ1n) is 10.5. The van der Waals surface area contributed by atoms with Gasteiger partial charge in [0.05, 0.1) is 18.6 Å².